The van der Waals surface area contributed by atoms with Gasteiger partial charge in [0.1, 0.15) is 5.82 Å². The smallest absolute Gasteiger partial charge is 0.123 e. The van der Waals surface area contributed by atoms with Crippen molar-refractivity contribution in [3.05, 3.63) is 71.2 Å². The van der Waals surface area contributed by atoms with Crippen molar-refractivity contribution in [1.29, 1.82) is 0 Å². The lowest BCUT2D eigenvalue weighted by molar-refractivity contribution is 0.443. The van der Waals surface area contributed by atoms with Gasteiger partial charge in [0.15, 0.2) is 0 Å². The zero-order valence-corrected chi connectivity index (χ0v) is 12.3. The van der Waals surface area contributed by atoms with Crippen LogP contribution in [-0.4, -0.2) is 4.98 Å². The molecule has 1 N–H and O–H groups in total. The van der Waals surface area contributed by atoms with Gasteiger partial charge >= 0.3 is 0 Å². The highest BCUT2D eigenvalue weighted by molar-refractivity contribution is 5.89. The van der Waals surface area contributed by atoms with Gasteiger partial charge in [-0.05, 0) is 46.7 Å². The molecule has 0 aliphatic heterocycles. The van der Waals surface area contributed by atoms with Crippen LogP contribution >= 0.6 is 0 Å². The van der Waals surface area contributed by atoms with Crippen LogP contribution in [-0.2, 0) is 5.41 Å². The third kappa shape index (κ3) is 1.82. The minimum Gasteiger partial charge on any atom is -0.361 e. The molecule has 1 nitrogen and oxygen atoms in total. The minimum atomic E-state index is -0.157. The molecule has 1 atom stereocenters. The number of benzene rings is 2. The maximum Gasteiger partial charge on any atom is 0.123 e. The number of aromatic nitrogens is 1. The molecule has 1 unspecified atom stereocenters. The maximum atomic E-state index is 13.6. The van der Waals surface area contributed by atoms with Crippen molar-refractivity contribution in [2.24, 2.45) is 0 Å². The Balaban J connectivity index is 1.99. The van der Waals surface area contributed by atoms with E-state index in [-0.39, 0.29) is 17.2 Å². The average Bonchev–Trinajstić information content (AvgIpc) is 2.88. The van der Waals surface area contributed by atoms with E-state index in [1.807, 2.05) is 12.1 Å². The van der Waals surface area contributed by atoms with Crippen LogP contribution in [0.4, 0.5) is 4.39 Å². The molecule has 1 heterocycles. The number of nitrogens with one attached hydrogen (secondary N) is 1. The standard InChI is InChI=1S/C19H18FN/c1-19(2)10-14(12-5-3-6-13(20)9-12)15-11-21-17-8-4-7-16(19)18(15)17/h3-9,11,14,21H,10H2,1-2H3. The largest absolute Gasteiger partial charge is 0.361 e. The molecule has 1 aliphatic rings. The predicted octanol–water partition coefficient (Wildman–Crippen LogP) is 5.12. The van der Waals surface area contributed by atoms with Gasteiger partial charge in [-0.2, -0.15) is 0 Å². The van der Waals surface area contributed by atoms with E-state index in [4.69, 9.17) is 0 Å². The van der Waals surface area contributed by atoms with Gasteiger partial charge < -0.3 is 4.98 Å². The lowest BCUT2D eigenvalue weighted by Gasteiger charge is -2.36. The molecule has 1 aliphatic carbocycles. The Morgan fingerprint density at radius 1 is 1.14 bits per heavy atom. The summed E-state index contributed by atoms with van der Waals surface area (Å²) in [6, 6.07) is 13.5. The molecule has 21 heavy (non-hydrogen) atoms. The fraction of sp³-hybridized carbons (Fsp3) is 0.263. The Bertz CT molecular complexity index is 828. The molecule has 0 bridgehead atoms. The molecular weight excluding hydrogens is 261 g/mol. The van der Waals surface area contributed by atoms with Gasteiger partial charge in [-0.3, -0.25) is 0 Å². The van der Waals surface area contributed by atoms with E-state index in [1.54, 1.807) is 6.07 Å². The number of aromatic amines is 1. The molecule has 3 aromatic rings. The van der Waals surface area contributed by atoms with Crippen LogP contribution in [0, 0.1) is 5.82 Å². The van der Waals surface area contributed by atoms with E-state index in [0.29, 0.717) is 0 Å². The van der Waals surface area contributed by atoms with Gasteiger partial charge in [0, 0.05) is 23.0 Å². The topological polar surface area (TPSA) is 15.8 Å². The Labute approximate surface area is 123 Å². The first-order valence-electron chi connectivity index (χ1n) is 7.42. The predicted molar refractivity (Wildman–Crippen MR) is 84.2 cm³/mol. The monoisotopic (exact) mass is 279 g/mol. The van der Waals surface area contributed by atoms with Crippen LogP contribution in [0.1, 0.15) is 42.9 Å². The second-order valence-electron chi connectivity index (χ2n) is 6.67. The number of rotatable bonds is 1. The fourth-order valence-electron chi connectivity index (χ4n) is 3.80. The molecule has 0 saturated carbocycles. The Kier molecular flexibility index (Phi) is 2.53. The first-order chi connectivity index (χ1) is 10.1. The Morgan fingerprint density at radius 2 is 1.95 bits per heavy atom. The molecule has 0 fully saturated rings. The zero-order chi connectivity index (χ0) is 14.6. The van der Waals surface area contributed by atoms with Crippen LogP contribution in [0.15, 0.2) is 48.7 Å². The highest BCUT2D eigenvalue weighted by Gasteiger charge is 2.35. The number of hydrogen-bond acceptors (Lipinski definition) is 0. The van der Waals surface area contributed by atoms with Gasteiger partial charge in [-0.15, -0.1) is 0 Å². The third-order valence-electron chi connectivity index (χ3n) is 4.81. The summed E-state index contributed by atoms with van der Waals surface area (Å²) in [6.07, 6.45) is 3.10. The summed E-state index contributed by atoms with van der Waals surface area (Å²) in [5.74, 6) is 0.0929. The molecule has 4 rings (SSSR count). The summed E-state index contributed by atoms with van der Waals surface area (Å²) in [7, 11) is 0. The molecule has 2 aromatic carbocycles. The second kappa shape index (κ2) is 4.20. The summed E-state index contributed by atoms with van der Waals surface area (Å²) < 4.78 is 13.6. The van der Waals surface area contributed by atoms with Crippen molar-refractivity contribution in [3.8, 4) is 0 Å². The van der Waals surface area contributed by atoms with E-state index in [0.717, 1.165) is 12.0 Å². The first kappa shape index (κ1) is 12.6. The van der Waals surface area contributed by atoms with Crippen molar-refractivity contribution < 1.29 is 4.39 Å². The normalized spacial score (nSPS) is 19.9. The van der Waals surface area contributed by atoms with Gasteiger partial charge in [-0.1, -0.05) is 38.1 Å². The van der Waals surface area contributed by atoms with E-state index in [2.05, 4.69) is 43.2 Å². The van der Waals surface area contributed by atoms with Crippen LogP contribution in [0.25, 0.3) is 10.9 Å². The number of hydrogen-bond donors (Lipinski definition) is 1. The van der Waals surface area contributed by atoms with Crippen molar-refractivity contribution >= 4 is 10.9 Å². The Morgan fingerprint density at radius 3 is 2.76 bits per heavy atom. The van der Waals surface area contributed by atoms with Crippen LogP contribution < -0.4 is 0 Å². The van der Waals surface area contributed by atoms with E-state index in [1.165, 1.54) is 28.1 Å². The van der Waals surface area contributed by atoms with Gasteiger partial charge in [0.25, 0.3) is 0 Å². The van der Waals surface area contributed by atoms with Crippen LogP contribution in [0.5, 0.6) is 0 Å². The minimum absolute atomic E-state index is 0.0890. The molecule has 2 heteroatoms. The molecule has 106 valence electrons. The zero-order valence-electron chi connectivity index (χ0n) is 12.3. The third-order valence-corrected chi connectivity index (χ3v) is 4.81. The highest BCUT2D eigenvalue weighted by atomic mass is 19.1. The summed E-state index contributed by atoms with van der Waals surface area (Å²) in [5, 5.41) is 1.32. The van der Waals surface area contributed by atoms with E-state index < -0.39 is 0 Å². The SMILES string of the molecule is CC1(C)CC(c2cccc(F)c2)c2c[nH]c3cccc1c23. The van der Waals surface area contributed by atoms with Gasteiger partial charge in [-0.25, -0.2) is 4.39 Å². The van der Waals surface area contributed by atoms with Crippen molar-refractivity contribution in [3.63, 3.8) is 0 Å². The fourth-order valence-corrected chi connectivity index (χ4v) is 3.80. The summed E-state index contributed by atoms with van der Waals surface area (Å²) in [4.78, 5) is 3.38. The quantitative estimate of drug-likeness (QED) is 0.636. The van der Waals surface area contributed by atoms with Gasteiger partial charge in [0.2, 0.25) is 0 Å². The molecule has 1 aromatic heterocycles. The highest BCUT2D eigenvalue weighted by Crippen LogP contribution is 2.48. The molecule has 0 saturated heterocycles. The lowest BCUT2D eigenvalue weighted by atomic mass is 9.67. The molecule has 0 spiro atoms. The number of halogens is 1. The van der Waals surface area contributed by atoms with Crippen molar-refractivity contribution in [2.75, 3.05) is 0 Å². The van der Waals surface area contributed by atoms with Crippen molar-refractivity contribution in [1.82, 2.24) is 4.98 Å². The lowest BCUT2D eigenvalue weighted by Crippen LogP contribution is -2.25. The van der Waals surface area contributed by atoms with Gasteiger partial charge in [0.05, 0.1) is 0 Å². The number of H-pyrrole nitrogens is 1. The van der Waals surface area contributed by atoms with E-state index >= 15 is 0 Å². The van der Waals surface area contributed by atoms with Crippen molar-refractivity contribution in [2.45, 2.75) is 31.6 Å². The molecule has 0 radical (unpaired) electrons. The summed E-state index contributed by atoms with van der Waals surface area (Å²) >= 11 is 0. The second-order valence-corrected chi connectivity index (χ2v) is 6.67. The maximum absolute atomic E-state index is 13.6. The molecular formula is C19H18FN. The first-order valence-corrected chi connectivity index (χ1v) is 7.42. The van der Waals surface area contributed by atoms with Crippen LogP contribution in [0.3, 0.4) is 0 Å². The Hall–Kier alpha value is -2.09. The average molecular weight is 279 g/mol. The summed E-state index contributed by atoms with van der Waals surface area (Å²) in [5.41, 5.74) is 5.02. The molecule has 0 amide bonds. The summed E-state index contributed by atoms with van der Waals surface area (Å²) in [6.45, 7) is 4.56. The van der Waals surface area contributed by atoms with Crippen LogP contribution in [0.2, 0.25) is 0 Å². The van der Waals surface area contributed by atoms with E-state index in [9.17, 15) is 4.39 Å².